The van der Waals surface area contributed by atoms with Crippen molar-refractivity contribution in [2.45, 2.75) is 6.61 Å². The van der Waals surface area contributed by atoms with Crippen LogP contribution in [-0.4, -0.2) is 19.9 Å². The second-order valence-electron chi connectivity index (χ2n) is 3.89. The van der Waals surface area contributed by atoms with Gasteiger partial charge in [0.1, 0.15) is 6.61 Å². The third-order valence-electron chi connectivity index (χ3n) is 2.54. The summed E-state index contributed by atoms with van der Waals surface area (Å²) in [6, 6.07) is 9.79. The summed E-state index contributed by atoms with van der Waals surface area (Å²) in [5, 5.41) is 0. The van der Waals surface area contributed by atoms with Crippen molar-refractivity contribution in [2.75, 3.05) is 5.73 Å². The Labute approximate surface area is 109 Å². The molecule has 3 rings (SSSR count). The fourth-order valence-electron chi connectivity index (χ4n) is 1.68. The summed E-state index contributed by atoms with van der Waals surface area (Å²) in [7, 11) is 0. The highest BCUT2D eigenvalue weighted by molar-refractivity contribution is 5.75. The predicted molar refractivity (Wildman–Crippen MR) is 70.3 cm³/mol. The van der Waals surface area contributed by atoms with Crippen LogP contribution >= 0.6 is 0 Å². The standard InChI is InChI=1S/C13H11N5O/c14-13-17-11-10(15-6-7-16-11)12(18-13)19-8-9-4-2-1-3-5-9/h1-7H,8H2,(H2,14,16,17,18). The molecule has 0 saturated carbocycles. The van der Waals surface area contributed by atoms with Crippen molar-refractivity contribution >= 4 is 17.1 Å². The fraction of sp³-hybridized carbons (Fsp3) is 0.0769. The topological polar surface area (TPSA) is 86.8 Å². The molecule has 3 aromatic rings. The lowest BCUT2D eigenvalue weighted by atomic mass is 10.2. The van der Waals surface area contributed by atoms with Gasteiger partial charge in [-0.3, -0.25) is 0 Å². The molecular formula is C13H11N5O. The molecule has 0 aliphatic rings. The van der Waals surface area contributed by atoms with E-state index in [0.717, 1.165) is 5.56 Å². The van der Waals surface area contributed by atoms with Crippen LogP contribution in [0.5, 0.6) is 5.88 Å². The quantitative estimate of drug-likeness (QED) is 0.762. The van der Waals surface area contributed by atoms with Crippen molar-refractivity contribution in [2.24, 2.45) is 0 Å². The van der Waals surface area contributed by atoms with Gasteiger partial charge in [0.15, 0.2) is 11.2 Å². The lowest BCUT2D eigenvalue weighted by molar-refractivity contribution is 0.297. The lowest BCUT2D eigenvalue weighted by Crippen LogP contribution is -2.03. The Morgan fingerprint density at radius 2 is 1.79 bits per heavy atom. The number of fused-ring (bicyclic) bond motifs is 1. The van der Waals surface area contributed by atoms with Crippen LogP contribution in [0.4, 0.5) is 5.95 Å². The van der Waals surface area contributed by atoms with Crippen LogP contribution in [0.1, 0.15) is 5.56 Å². The van der Waals surface area contributed by atoms with Crippen LogP contribution in [0.3, 0.4) is 0 Å². The van der Waals surface area contributed by atoms with Crippen LogP contribution in [0.15, 0.2) is 42.7 Å². The second-order valence-corrected chi connectivity index (χ2v) is 3.89. The minimum Gasteiger partial charge on any atom is -0.471 e. The highest BCUT2D eigenvalue weighted by Gasteiger charge is 2.09. The number of hydrogen-bond donors (Lipinski definition) is 1. The SMILES string of the molecule is Nc1nc(OCc2ccccc2)c2nccnc2n1. The van der Waals surface area contributed by atoms with E-state index in [1.165, 1.54) is 0 Å². The molecule has 2 N–H and O–H groups in total. The van der Waals surface area contributed by atoms with Crippen LogP contribution in [0, 0.1) is 0 Å². The maximum atomic E-state index is 5.65. The van der Waals surface area contributed by atoms with E-state index in [4.69, 9.17) is 10.5 Å². The first-order valence-electron chi connectivity index (χ1n) is 5.74. The van der Waals surface area contributed by atoms with Gasteiger partial charge in [0.25, 0.3) is 0 Å². The van der Waals surface area contributed by atoms with E-state index < -0.39 is 0 Å². The summed E-state index contributed by atoms with van der Waals surface area (Å²) in [6.45, 7) is 0.392. The predicted octanol–water partition coefficient (Wildman–Crippen LogP) is 1.58. The molecule has 94 valence electrons. The molecule has 1 aromatic carbocycles. The van der Waals surface area contributed by atoms with E-state index in [9.17, 15) is 0 Å². The highest BCUT2D eigenvalue weighted by Crippen LogP contribution is 2.20. The normalized spacial score (nSPS) is 10.5. The van der Waals surface area contributed by atoms with Gasteiger partial charge in [-0.1, -0.05) is 30.3 Å². The highest BCUT2D eigenvalue weighted by atomic mass is 16.5. The monoisotopic (exact) mass is 253 g/mol. The molecule has 0 fully saturated rings. The zero-order valence-electron chi connectivity index (χ0n) is 10.0. The Balaban J connectivity index is 1.92. The molecule has 2 heterocycles. The largest absolute Gasteiger partial charge is 0.471 e. The second kappa shape index (κ2) is 4.85. The minimum atomic E-state index is 0.121. The average Bonchev–Trinajstić information content (AvgIpc) is 2.45. The Morgan fingerprint density at radius 3 is 2.63 bits per heavy atom. The maximum Gasteiger partial charge on any atom is 0.247 e. The Bertz CT molecular complexity index is 702. The lowest BCUT2D eigenvalue weighted by Gasteiger charge is -2.07. The van der Waals surface area contributed by atoms with Crippen molar-refractivity contribution < 1.29 is 4.74 Å². The fourth-order valence-corrected chi connectivity index (χ4v) is 1.68. The van der Waals surface area contributed by atoms with E-state index in [2.05, 4.69) is 19.9 Å². The maximum absolute atomic E-state index is 5.65. The molecular weight excluding hydrogens is 242 g/mol. The molecule has 0 atom stereocenters. The zero-order valence-corrected chi connectivity index (χ0v) is 10.0. The van der Waals surface area contributed by atoms with E-state index in [-0.39, 0.29) is 5.95 Å². The molecule has 0 radical (unpaired) electrons. The first-order valence-corrected chi connectivity index (χ1v) is 5.74. The van der Waals surface area contributed by atoms with Gasteiger partial charge < -0.3 is 10.5 Å². The number of rotatable bonds is 3. The summed E-state index contributed by atoms with van der Waals surface area (Å²) < 4.78 is 5.65. The van der Waals surface area contributed by atoms with E-state index in [1.807, 2.05) is 30.3 Å². The van der Waals surface area contributed by atoms with Gasteiger partial charge in [0.2, 0.25) is 11.8 Å². The van der Waals surface area contributed by atoms with Crippen molar-refractivity contribution in [1.29, 1.82) is 0 Å². The van der Waals surface area contributed by atoms with E-state index >= 15 is 0 Å². The van der Waals surface area contributed by atoms with Crippen molar-refractivity contribution in [3.05, 3.63) is 48.3 Å². The Kier molecular flexibility index (Phi) is 2.89. The molecule has 6 heteroatoms. The number of nitrogens with zero attached hydrogens (tertiary/aromatic N) is 4. The van der Waals surface area contributed by atoms with Gasteiger partial charge in [0.05, 0.1) is 0 Å². The smallest absolute Gasteiger partial charge is 0.247 e. The van der Waals surface area contributed by atoms with Crippen LogP contribution < -0.4 is 10.5 Å². The number of hydrogen-bond acceptors (Lipinski definition) is 6. The molecule has 0 unspecified atom stereocenters. The van der Waals surface area contributed by atoms with Gasteiger partial charge in [-0.2, -0.15) is 9.97 Å². The molecule has 6 nitrogen and oxygen atoms in total. The molecule has 0 spiro atoms. The van der Waals surface area contributed by atoms with Crippen LogP contribution in [-0.2, 0) is 6.61 Å². The zero-order chi connectivity index (χ0) is 13.1. The van der Waals surface area contributed by atoms with Gasteiger partial charge in [-0.15, -0.1) is 0 Å². The summed E-state index contributed by atoms with van der Waals surface area (Å²) in [5.74, 6) is 0.468. The number of nitrogen functional groups attached to an aromatic ring is 1. The van der Waals surface area contributed by atoms with Crippen molar-refractivity contribution in [1.82, 2.24) is 19.9 Å². The summed E-state index contributed by atoms with van der Waals surface area (Å²) >= 11 is 0. The third kappa shape index (κ3) is 2.42. The number of aromatic nitrogens is 4. The van der Waals surface area contributed by atoms with Crippen molar-refractivity contribution in [3.63, 3.8) is 0 Å². The molecule has 0 aliphatic carbocycles. The Morgan fingerprint density at radius 1 is 1.00 bits per heavy atom. The van der Waals surface area contributed by atoms with Gasteiger partial charge in [-0.25, -0.2) is 9.97 Å². The van der Waals surface area contributed by atoms with Gasteiger partial charge >= 0.3 is 0 Å². The minimum absolute atomic E-state index is 0.121. The summed E-state index contributed by atoms with van der Waals surface area (Å²) in [4.78, 5) is 16.3. The van der Waals surface area contributed by atoms with E-state index in [0.29, 0.717) is 23.7 Å². The van der Waals surface area contributed by atoms with Crippen LogP contribution in [0.25, 0.3) is 11.2 Å². The van der Waals surface area contributed by atoms with Gasteiger partial charge in [-0.05, 0) is 5.56 Å². The molecule has 0 bridgehead atoms. The van der Waals surface area contributed by atoms with Gasteiger partial charge in [0, 0.05) is 12.4 Å². The molecule has 2 aromatic heterocycles. The first kappa shape index (κ1) is 11.3. The number of anilines is 1. The van der Waals surface area contributed by atoms with Crippen molar-refractivity contribution in [3.8, 4) is 5.88 Å². The molecule has 0 saturated heterocycles. The van der Waals surface area contributed by atoms with E-state index in [1.54, 1.807) is 12.4 Å². The molecule has 19 heavy (non-hydrogen) atoms. The molecule has 0 amide bonds. The number of benzene rings is 1. The average molecular weight is 253 g/mol. The first-order chi connectivity index (χ1) is 9.33. The molecule has 0 aliphatic heterocycles. The number of nitrogens with two attached hydrogens (primary N) is 1. The Hall–Kier alpha value is -2.76. The van der Waals surface area contributed by atoms with Crippen LogP contribution in [0.2, 0.25) is 0 Å². The summed E-state index contributed by atoms with van der Waals surface area (Å²) in [6.07, 6.45) is 3.12. The number of ether oxygens (including phenoxy) is 1. The summed E-state index contributed by atoms with van der Waals surface area (Å²) in [5.41, 5.74) is 7.60. The third-order valence-corrected chi connectivity index (χ3v) is 2.54.